The summed E-state index contributed by atoms with van der Waals surface area (Å²) in [6.07, 6.45) is 0.670. The van der Waals surface area contributed by atoms with Crippen LogP contribution in [0.2, 0.25) is 10.0 Å². The predicted molar refractivity (Wildman–Crippen MR) is 70.8 cm³/mol. The third kappa shape index (κ3) is 5.70. The molecule has 0 fully saturated rings. The van der Waals surface area contributed by atoms with E-state index >= 15 is 0 Å². The molecular weight excluding hydrogens is 261 g/mol. The Bertz CT molecular complexity index is 347. The molecule has 1 unspecified atom stereocenters. The van der Waals surface area contributed by atoms with E-state index in [4.69, 9.17) is 38.4 Å². The third-order valence-electron chi connectivity index (χ3n) is 2.26. The lowest BCUT2D eigenvalue weighted by Crippen LogP contribution is -2.29. The lowest BCUT2D eigenvalue weighted by Gasteiger charge is -2.13. The number of halogens is 2. The van der Waals surface area contributed by atoms with Gasteiger partial charge in [0, 0.05) is 23.2 Å². The van der Waals surface area contributed by atoms with Gasteiger partial charge in [0.05, 0.1) is 19.8 Å². The molecule has 0 bridgehead atoms. The number of ether oxygens (including phenoxy) is 2. The Balaban J connectivity index is 2.37. The average molecular weight is 278 g/mol. The molecule has 0 aliphatic rings. The second-order valence-corrected chi connectivity index (χ2v) is 4.61. The van der Waals surface area contributed by atoms with Gasteiger partial charge < -0.3 is 15.2 Å². The van der Waals surface area contributed by atoms with Crippen molar-refractivity contribution < 1.29 is 9.47 Å². The van der Waals surface area contributed by atoms with Crippen LogP contribution in [0.4, 0.5) is 0 Å². The predicted octanol–water partition coefficient (Wildman–Crippen LogP) is 2.53. The Hall–Kier alpha value is -0.320. The van der Waals surface area contributed by atoms with Crippen molar-refractivity contribution in [2.75, 3.05) is 26.9 Å². The molecule has 3 nitrogen and oxygen atoms in total. The lowest BCUT2D eigenvalue weighted by molar-refractivity contribution is 0.0637. The minimum absolute atomic E-state index is 0.0782. The van der Waals surface area contributed by atoms with E-state index in [9.17, 15) is 0 Å². The van der Waals surface area contributed by atoms with Crippen LogP contribution in [0.25, 0.3) is 0 Å². The number of methoxy groups -OCH3 is 1. The summed E-state index contributed by atoms with van der Waals surface area (Å²) in [4.78, 5) is 0. The molecular formula is C12H17Cl2NO2. The zero-order valence-corrected chi connectivity index (χ0v) is 11.3. The van der Waals surface area contributed by atoms with Crippen molar-refractivity contribution in [1.82, 2.24) is 0 Å². The fourth-order valence-corrected chi connectivity index (χ4v) is 1.89. The normalized spacial score (nSPS) is 12.7. The first kappa shape index (κ1) is 14.7. The van der Waals surface area contributed by atoms with E-state index in [0.29, 0.717) is 36.3 Å². The highest BCUT2D eigenvalue weighted by Gasteiger charge is 2.08. The van der Waals surface area contributed by atoms with Crippen LogP contribution in [0.3, 0.4) is 0 Å². The van der Waals surface area contributed by atoms with Crippen molar-refractivity contribution in [3.8, 4) is 0 Å². The lowest BCUT2D eigenvalue weighted by atomic mass is 10.1. The molecule has 5 heteroatoms. The van der Waals surface area contributed by atoms with E-state index in [-0.39, 0.29) is 6.04 Å². The van der Waals surface area contributed by atoms with Gasteiger partial charge in [0.25, 0.3) is 0 Å². The zero-order chi connectivity index (χ0) is 12.7. The molecule has 2 N–H and O–H groups in total. The summed E-state index contributed by atoms with van der Waals surface area (Å²) in [6, 6.07) is 5.34. The van der Waals surface area contributed by atoms with Crippen LogP contribution in [0, 0.1) is 0 Å². The number of hydrogen-bond acceptors (Lipinski definition) is 3. The molecule has 0 aliphatic carbocycles. The molecule has 17 heavy (non-hydrogen) atoms. The molecule has 0 saturated heterocycles. The van der Waals surface area contributed by atoms with E-state index in [2.05, 4.69) is 0 Å². The summed E-state index contributed by atoms with van der Waals surface area (Å²) in [6.45, 7) is 1.62. The Morgan fingerprint density at radius 1 is 1.29 bits per heavy atom. The van der Waals surface area contributed by atoms with E-state index in [1.165, 1.54) is 0 Å². The number of benzene rings is 1. The maximum absolute atomic E-state index is 6.06. The largest absolute Gasteiger partial charge is 0.382 e. The van der Waals surface area contributed by atoms with Gasteiger partial charge in [-0.1, -0.05) is 29.3 Å². The first-order valence-corrected chi connectivity index (χ1v) is 6.15. The molecule has 0 saturated carbocycles. The molecule has 0 amide bonds. The van der Waals surface area contributed by atoms with Crippen LogP contribution in [-0.2, 0) is 15.9 Å². The fraction of sp³-hybridized carbons (Fsp3) is 0.500. The summed E-state index contributed by atoms with van der Waals surface area (Å²) in [7, 11) is 1.64. The maximum Gasteiger partial charge on any atom is 0.0701 e. The molecule has 1 aromatic rings. The van der Waals surface area contributed by atoms with Crippen LogP contribution in [-0.4, -0.2) is 33.0 Å². The summed E-state index contributed by atoms with van der Waals surface area (Å²) < 4.78 is 10.2. The minimum Gasteiger partial charge on any atom is -0.382 e. The maximum atomic E-state index is 6.06. The molecule has 0 heterocycles. The quantitative estimate of drug-likeness (QED) is 0.779. The highest BCUT2D eigenvalue weighted by molar-refractivity contribution is 6.35. The summed E-state index contributed by atoms with van der Waals surface area (Å²) in [5, 5.41) is 1.27. The van der Waals surface area contributed by atoms with E-state index in [1.807, 2.05) is 6.07 Å². The molecule has 0 radical (unpaired) electrons. The third-order valence-corrected chi connectivity index (χ3v) is 2.85. The van der Waals surface area contributed by atoms with Gasteiger partial charge in [0.2, 0.25) is 0 Å². The SMILES string of the molecule is COCCOCC(N)Cc1ccc(Cl)cc1Cl. The number of rotatable bonds is 7. The summed E-state index contributed by atoms with van der Waals surface area (Å²) >= 11 is 11.9. The molecule has 0 aromatic heterocycles. The zero-order valence-electron chi connectivity index (χ0n) is 9.79. The van der Waals surface area contributed by atoms with Crippen LogP contribution in [0.5, 0.6) is 0 Å². The Kier molecular flexibility index (Phi) is 6.85. The molecule has 0 aliphatic heterocycles. The monoisotopic (exact) mass is 277 g/mol. The second-order valence-electron chi connectivity index (χ2n) is 3.77. The molecule has 1 atom stereocenters. The molecule has 0 spiro atoms. The highest BCUT2D eigenvalue weighted by atomic mass is 35.5. The fourth-order valence-electron chi connectivity index (χ4n) is 1.41. The topological polar surface area (TPSA) is 44.5 Å². The standard InChI is InChI=1S/C12H17Cl2NO2/c1-16-4-5-17-8-11(15)6-9-2-3-10(13)7-12(9)14/h2-3,7,11H,4-6,8,15H2,1H3. The van der Waals surface area contributed by atoms with E-state index in [0.717, 1.165) is 5.56 Å². The van der Waals surface area contributed by atoms with Crippen LogP contribution < -0.4 is 5.73 Å². The Labute approximate surface area is 112 Å². The van der Waals surface area contributed by atoms with Crippen molar-refractivity contribution in [2.24, 2.45) is 5.73 Å². The van der Waals surface area contributed by atoms with Crippen LogP contribution >= 0.6 is 23.2 Å². The van der Waals surface area contributed by atoms with Crippen molar-refractivity contribution in [1.29, 1.82) is 0 Å². The number of nitrogens with two attached hydrogens (primary N) is 1. The summed E-state index contributed by atoms with van der Waals surface area (Å²) in [5.41, 5.74) is 6.92. The van der Waals surface area contributed by atoms with Crippen molar-refractivity contribution >= 4 is 23.2 Å². The first-order chi connectivity index (χ1) is 8.13. The average Bonchev–Trinajstić information content (AvgIpc) is 2.28. The number of hydrogen-bond donors (Lipinski definition) is 1. The minimum atomic E-state index is -0.0782. The van der Waals surface area contributed by atoms with Gasteiger partial charge in [-0.3, -0.25) is 0 Å². The molecule has 1 aromatic carbocycles. The van der Waals surface area contributed by atoms with Gasteiger partial charge >= 0.3 is 0 Å². The molecule has 1 rings (SSSR count). The van der Waals surface area contributed by atoms with Gasteiger partial charge in [-0.15, -0.1) is 0 Å². The highest BCUT2D eigenvalue weighted by Crippen LogP contribution is 2.21. The van der Waals surface area contributed by atoms with Crippen LogP contribution in [0.1, 0.15) is 5.56 Å². The Morgan fingerprint density at radius 3 is 2.71 bits per heavy atom. The van der Waals surface area contributed by atoms with Crippen LogP contribution in [0.15, 0.2) is 18.2 Å². The second kappa shape index (κ2) is 7.90. The van der Waals surface area contributed by atoms with Crippen molar-refractivity contribution in [3.63, 3.8) is 0 Å². The smallest absolute Gasteiger partial charge is 0.0701 e. The van der Waals surface area contributed by atoms with Gasteiger partial charge in [-0.05, 0) is 24.1 Å². The van der Waals surface area contributed by atoms with Gasteiger partial charge in [0.15, 0.2) is 0 Å². The van der Waals surface area contributed by atoms with Gasteiger partial charge in [-0.25, -0.2) is 0 Å². The van der Waals surface area contributed by atoms with E-state index in [1.54, 1.807) is 19.2 Å². The van der Waals surface area contributed by atoms with Crippen molar-refractivity contribution in [2.45, 2.75) is 12.5 Å². The molecule has 96 valence electrons. The van der Waals surface area contributed by atoms with Gasteiger partial charge in [-0.2, -0.15) is 0 Å². The van der Waals surface area contributed by atoms with E-state index < -0.39 is 0 Å². The Morgan fingerprint density at radius 2 is 2.06 bits per heavy atom. The van der Waals surface area contributed by atoms with Crippen molar-refractivity contribution in [3.05, 3.63) is 33.8 Å². The van der Waals surface area contributed by atoms with Gasteiger partial charge in [0.1, 0.15) is 0 Å². The summed E-state index contributed by atoms with van der Waals surface area (Å²) in [5.74, 6) is 0. The first-order valence-electron chi connectivity index (χ1n) is 5.39.